The van der Waals surface area contributed by atoms with Gasteiger partial charge in [-0.05, 0) is 18.9 Å². The number of aromatic nitrogens is 2. The van der Waals surface area contributed by atoms with Gasteiger partial charge in [-0.15, -0.1) is 0 Å². The Hall–Kier alpha value is -1.85. The van der Waals surface area contributed by atoms with E-state index in [9.17, 15) is 9.59 Å². The molecule has 3 atom stereocenters. The van der Waals surface area contributed by atoms with Gasteiger partial charge >= 0.3 is 5.97 Å². The Bertz CT molecular complexity index is 403. The number of nitrogens with zero attached hydrogens (tertiary/aromatic N) is 2. The van der Waals surface area contributed by atoms with E-state index in [4.69, 9.17) is 5.11 Å². The Morgan fingerprint density at radius 2 is 2.11 bits per heavy atom. The van der Waals surface area contributed by atoms with E-state index in [0.29, 0.717) is 6.42 Å². The van der Waals surface area contributed by atoms with Crippen LogP contribution in [0.15, 0.2) is 18.5 Å². The lowest BCUT2D eigenvalue weighted by Gasteiger charge is -2.22. The summed E-state index contributed by atoms with van der Waals surface area (Å²) in [5.74, 6) is -1.46. The maximum absolute atomic E-state index is 11.9. The molecular weight excluding hydrogens is 234 g/mol. The molecule has 0 saturated carbocycles. The summed E-state index contributed by atoms with van der Waals surface area (Å²) in [7, 11) is 0. The summed E-state index contributed by atoms with van der Waals surface area (Å²) >= 11 is 0. The van der Waals surface area contributed by atoms with Gasteiger partial charge in [0.05, 0.1) is 0 Å². The fourth-order valence-electron chi connectivity index (χ4n) is 1.59. The predicted molar refractivity (Wildman–Crippen MR) is 66.0 cm³/mol. The molecule has 3 unspecified atom stereocenters. The highest BCUT2D eigenvalue weighted by atomic mass is 16.4. The van der Waals surface area contributed by atoms with Crippen molar-refractivity contribution >= 4 is 11.9 Å². The molecule has 2 N–H and O–H groups in total. The number of carbonyl (C=O) groups is 2. The fraction of sp³-hybridized carbons (Fsp3) is 0.583. The van der Waals surface area contributed by atoms with E-state index in [1.165, 1.54) is 4.68 Å². The molecule has 1 rings (SSSR count). The standard InChI is InChI=1S/C12H19N3O3/c1-4-8(2)10(12(17)18)14-11(16)9(3)15-7-5-6-13-15/h5-10H,4H2,1-3H3,(H,14,16)(H,17,18). The van der Waals surface area contributed by atoms with Crippen LogP contribution in [-0.2, 0) is 9.59 Å². The number of hydrogen-bond donors (Lipinski definition) is 2. The van der Waals surface area contributed by atoms with Crippen molar-refractivity contribution in [3.05, 3.63) is 18.5 Å². The highest BCUT2D eigenvalue weighted by Gasteiger charge is 2.27. The van der Waals surface area contributed by atoms with E-state index in [2.05, 4.69) is 10.4 Å². The van der Waals surface area contributed by atoms with E-state index >= 15 is 0 Å². The van der Waals surface area contributed by atoms with Gasteiger partial charge in [-0.25, -0.2) is 4.79 Å². The zero-order valence-corrected chi connectivity index (χ0v) is 10.8. The van der Waals surface area contributed by atoms with Crippen LogP contribution in [0.5, 0.6) is 0 Å². The first-order chi connectivity index (χ1) is 8.47. The molecule has 0 spiro atoms. The first-order valence-electron chi connectivity index (χ1n) is 5.99. The Balaban J connectivity index is 2.70. The molecule has 100 valence electrons. The SMILES string of the molecule is CCC(C)C(NC(=O)C(C)n1cccn1)C(=O)O. The van der Waals surface area contributed by atoms with Gasteiger partial charge in [-0.3, -0.25) is 9.48 Å². The fourth-order valence-corrected chi connectivity index (χ4v) is 1.59. The van der Waals surface area contributed by atoms with Crippen molar-refractivity contribution in [1.82, 2.24) is 15.1 Å². The first-order valence-corrected chi connectivity index (χ1v) is 5.99. The van der Waals surface area contributed by atoms with Crippen LogP contribution < -0.4 is 5.32 Å². The average Bonchev–Trinajstić information content (AvgIpc) is 2.87. The molecule has 0 fully saturated rings. The molecule has 0 saturated heterocycles. The second-order valence-corrected chi connectivity index (χ2v) is 4.37. The van der Waals surface area contributed by atoms with Gasteiger partial charge in [0.25, 0.3) is 0 Å². The molecule has 0 aliphatic rings. The minimum Gasteiger partial charge on any atom is -0.480 e. The lowest BCUT2D eigenvalue weighted by molar-refractivity contribution is -0.143. The summed E-state index contributed by atoms with van der Waals surface area (Å²) in [6.45, 7) is 5.37. The van der Waals surface area contributed by atoms with Crippen molar-refractivity contribution in [2.24, 2.45) is 5.92 Å². The Morgan fingerprint density at radius 1 is 1.44 bits per heavy atom. The number of nitrogens with one attached hydrogen (secondary N) is 1. The lowest BCUT2D eigenvalue weighted by Crippen LogP contribution is -2.47. The number of rotatable bonds is 6. The third-order valence-corrected chi connectivity index (χ3v) is 3.08. The van der Waals surface area contributed by atoms with Gasteiger partial charge in [-0.2, -0.15) is 5.10 Å². The maximum Gasteiger partial charge on any atom is 0.326 e. The molecule has 0 aromatic carbocycles. The van der Waals surface area contributed by atoms with Crippen molar-refractivity contribution in [3.8, 4) is 0 Å². The normalized spacial score (nSPS) is 15.7. The minimum absolute atomic E-state index is 0.115. The Kier molecular flexibility index (Phi) is 4.88. The summed E-state index contributed by atoms with van der Waals surface area (Å²) in [5.41, 5.74) is 0. The van der Waals surface area contributed by atoms with Crippen LogP contribution in [0, 0.1) is 5.92 Å². The predicted octanol–water partition coefficient (Wildman–Crippen LogP) is 1.06. The third kappa shape index (κ3) is 3.32. The van der Waals surface area contributed by atoms with Gasteiger partial charge in [0.15, 0.2) is 0 Å². The second kappa shape index (κ2) is 6.18. The number of carboxylic acids is 1. The molecule has 1 aromatic rings. The monoisotopic (exact) mass is 253 g/mol. The Morgan fingerprint density at radius 3 is 2.56 bits per heavy atom. The lowest BCUT2D eigenvalue weighted by atomic mass is 9.99. The highest BCUT2D eigenvalue weighted by molar-refractivity contribution is 5.85. The summed E-state index contributed by atoms with van der Waals surface area (Å²) in [5, 5.41) is 15.6. The zero-order valence-electron chi connectivity index (χ0n) is 10.8. The summed E-state index contributed by atoms with van der Waals surface area (Å²) in [6, 6.07) is 0.332. The first kappa shape index (κ1) is 14.2. The number of amides is 1. The van der Waals surface area contributed by atoms with Crippen molar-refractivity contribution in [1.29, 1.82) is 0 Å². The highest BCUT2D eigenvalue weighted by Crippen LogP contribution is 2.10. The van der Waals surface area contributed by atoms with Crippen molar-refractivity contribution in [2.45, 2.75) is 39.3 Å². The summed E-state index contributed by atoms with van der Waals surface area (Å²) < 4.78 is 1.49. The maximum atomic E-state index is 11.9. The van der Waals surface area contributed by atoms with E-state index in [0.717, 1.165) is 0 Å². The molecule has 1 heterocycles. The van der Waals surface area contributed by atoms with Gasteiger partial charge in [0.1, 0.15) is 12.1 Å². The van der Waals surface area contributed by atoms with E-state index in [-0.39, 0.29) is 11.8 Å². The summed E-state index contributed by atoms with van der Waals surface area (Å²) in [4.78, 5) is 23.0. The van der Waals surface area contributed by atoms with Crippen molar-refractivity contribution in [3.63, 3.8) is 0 Å². The van der Waals surface area contributed by atoms with Crippen LogP contribution in [0.2, 0.25) is 0 Å². The smallest absolute Gasteiger partial charge is 0.326 e. The minimum atomic E-state index is -1.01. The van der Waals surface area contributed by atoms with Crippen LogP contribution in [-0.4, -0.2) is 32.8 Å². The molecule has 1 aromatic heterocycles. The van der Waals surface area contributed by atoms with Gasteiger partial charge in [-0.1, -0.05) is 20.3 Å². The Labute approximate surface area is 106 Å². The number of hydrogen-bond acceptors (Lipinski definition) is 3. The van der Waals surface area contributed by atoms with Crippen molar-refractivity contribution < 1.29 is 14.7 Å². The molecular formula is C12H19N3O3. The van der Waals surface area contributed by atoms with Gasteiger partial charge in [0.2, 0.25) is 5.91 Å². The topological polar surface area (TPSA) is 84.2 Å². The van der Waals surface area contributed by atoms with Gasteiger partial charge in [0, 0.05) is 12.4 Å². The number of aliphatic carboxylic acids is 1. The van der Waals surface area contributed by atoms with E-state index < -0.39 is 18.1 Å². The van der Waals surface area contributed by atoms with Crippen LogP contribution in [0.4, 0.5) is 0 Å². The zero-order chi connectivity index (χ0) is 13.7. The van der Waals surface area contributed by atoms with Crippen LogP contribution in [0.1, 0.15) is 33.2 Å². The molecule has 0 radical (unpaired) electrons. The molecule has 0 bridgehead atoms. The number of carboxylic acid groups (broad SMARTS) is 1. The second-order valence-electron chi connectivity index (χ2n) is 4.37. The van der Waals surface area contributed by atoms with Gasteiger partial charge < -0.3 is 10.4 Å². The molecule has 1 amide bonds. The van der Waals surface area contributed by atoms with Crippen molar-refractivity contribution in [2.75, 3.05) is 0 Å². The third-order valence-electron chi connectivity index (χ3n) is 3.08. The van der Waals surface area contributed by atoms with E-state index in [1.54, 1.807) is 32.3 Å². The molecule has 0 aliphatic carbocycles. The van der Waals surface area contributed by atoms with Crippen LogP contribution in [0.25, 0.3) is 0 Å². The largest absolute Gasteiger partial charge is 0.480 e. The molecule has 6 heteroatoms. The quantitative estimate of drug-likeness (QED) is 0.794. The van der Waals surface area contributed by atoms with E-state index in [1.807, 2.05) is 6.92 Å². The summed E-state index contributed by atoms with van der Waals surface area (Å²) in [6.07, 6.45) is 3.93. The average molecular weight is 253 g/mol. The molecule has 0 aliphatic heterocycles. The van der Waals surface area contributed by atoms with Crippen LogP contribution in [0.3, 0.4) is 0 Å². The van der Waals surface area contributed by atoms with Crippen LogP contribution >= 0.6 is 0 Å². The molecule has 6 nitrogen and oxygen atoms in total. The molecule has 18 heavy (non-hydrogen) atoms. The number of carbonyl (C=O) groups excluding carboxylic acids is 1.